The van der Waals surface area contributed by atoms with Gasteiger partial charge in [-0.3, -0.25) is 9.69 Å². The minimum atomic E-state index is -0.643. The lowest BCUT2D eigenvalue weighted by molar-refractivity contribution is -0.138. The van der Waals surface area contributed by atoms with Crippen molar-refractivity contribution in [3.8, 4) is 0 Å². The van der Waals surface area contributed by atoms with Crippen LogP contribution in [0.1, 0.15) is 45.4 Å². The van der Waals surface area contributed by atoms with Crippen molar-refractivity contribution in [2.24, 2.45) is 0 Å². The van der Waals surface area contributed by atoms with Crippen LogP contribution in [0.3, 0.4) is 0 Å². The maximum Gasteiger partial charge on any atom is 0.304 e. The van der Waals surface area contributed by atoms with Gasteiger partial charge in [-0.15, -0.1) is 0 Å². The quantitative estimate of drug-likeness (QED) is 0.831. The first-order valence-corrected chi connectivity index (χ1v) is 7.40. The van der Waals surface area contributed by atoms with Gasteiger partial charge in [-0.1, -0.05) is 6.92 Å². The summed E-state index contributed by atoms with van der Waals surface area (Å²) in [5, 5.41) is 8.99. The summed E-state index contributed by atoms with van der Waals surface area (Å²) in [4.78, 5) is 15.9. The summed E-state index contributed by atoms with van der Waals surface area (Å²) in [5.41, 5.74) is 0. The molecule has 2 fully saturated rings. The molecule has 1 N–H and O–H groups in total. The number of carboxylic acids is 1. The second-order valence-corrected chi connectivity index (χ2v) is 5.65. The summed E-state index contributed by atoms with van der Waals surface area (Å²) in [7, 11) is 0. The van der Waals surface area contributed by atoms with Gasteiger partial charge in [0.2, 0.25) is 0 Å². The summed E-state index contributed by atoms with van der Waals surface area (Å²) in [6.07, 6.45) is 6.28. The first-order valence-electron chi connectivity index (χ1n) is 7.40. The van der Waals surface area contributed by atoms with Gasteiger partial charge in [-0.2, -0.15) is 0 Å². The van der Waals surface area contributed by atoms with Crippen molar-refractivity contribution in [2.45, 2.75) is 57.5 Å². The van der Waals surface area contributed by atoms with Crippen molar-refractivity contribution in [1.82, 2.24) is 9.80 Å². The van der Waals surface area contributed by atoms with Crippen LogP contribution in [-0.4, -0.2) is 59.1 Å². The molecule has 0 aliphatic carbocycles. The zero-order chi connectivity index (χ0) is 13.0. The van der Waals surface area contributed by atoms with Crippen molar-refractivity contribution in [1.29, 1.82) is 0 Å². The van der Waals surface area contributed by atoms with Crippen LogP contribution in [0.25, 0.3) is 0 Å². The third kappa shape index (κ3) is 3.45. The Morgan fingerprint density at radius 3 is 2.67 bits per heavy atom. The third-order valence-electron chi connectivity index (χ3n) is 4.54. The van der Waals surface area contributed by atoms with E-state index < -0.39 is 5.97 Å². The number of hydrogen-bond donors (Lipinski definition) is 1. The molecule has 2 aliphatic heterocycles. The SMILES string of the molecule is CCN1CCCC(N2CCCC2CC(=O)O)CC1. The van der Waals surface area contributed by atoms with Gasteiger partial charge in [0.25, 0.3) is 0 Å². The van der Waals surface area contributed by atoms with Crippen molar-refractivity contribution in [3.63, 3.8) is 0 Å². The fourth-order valence-corrected chi connectivity index (χ4v) is 3.55. The fraction of sp³-hybridized carbons (Fsp3) is 0.929. The van der Waals surface area contributed by atoms with E-state index >= 15 is 0 Å². The van der Waals surface area contributed by atoms with E-state index in [1.54, 1.807) is 0 Å². The van der Waals surface area contributed by atoms with Crippen LogP contribution >= 0.6 is 0 Å². The molecular formula is C14H26N2O2. The average molecular weight is 254 g/mol. The van der Waals surface area contributed by atoms with Crippen molar-refractivity contribution in [3.05, 3.63) is 0 Å². The minimum absolute atomic E-state index is 0.292. The Morgan fingerprint density at radius 2 is 1.94 bits per heavy atom. The zero-order valence-electron chi connectivity index (χ0n) is 11.5. The summed E-state index contributed by atoms with van der Waals surface area (Å²) in [5.74, 6) is -0.643. The Morgan fingerprint density at radius 1 is 1.17 bits per heavy atom. The molecule has 0 aromatic heterocycles. The second-order valence-electron chi connectivity index (χ2n) is 5.65. The lowest BCUT2D eigenvalue weighted by atomic mass is 10.0. The first-order chi connectivity index (χ1) is 8.70. The van der Waals surface area contributed by atoms with Crippen LogP contribution in [-0.2, 0) is 4.79 Å². The van der Waals surface area contributed by atoms with E-state index in [1.165, 1.54) is 38.8 Å². The van der Waals surface area contributed by atoms with Crippen LogP contribution in [0, 0.1) is 0 Å². The smallest absolute Gasteiger partial charge is 0.304 e. The van der Waals surface area contributed by atoms with Gasteiger partial charge < -0.3 is 10.0 Å². The molecular weight excluding hydrogens is 228 g/mol. The molecule has 0 aromatic rings. The van der Waals surface area contributed by atoms with E-state index in [0.717, 1.165) is 19.5 Å². The molecule has 4 nitrogen and oxygen atoms in total. The molecule has 2 rings (SSSR count). The van der Waals surface area contributed by atoms with E-state index in [0.29, 0.717) is 18.5 Å². The van der Waals surface area contributed by atoms with Crippen molar-refractivity contribution < 1.29 is 9.90 Å². The summed E-state index contributed by atoms with van der Waals surface area (Å²) >= 11 is 0. The number of aliphatic carboxylic acids is 1. The van der Waals surface area contributed by atoms with Crippen LogP contribution < -0.4 is 0 Å². The highest BCUT2D eigenvalue weighted by atomic mass is 16.4. The van der Waals surface area contributed by atoms with Gasteiger partial charge in [0.15, 0.2) is 0 Å². The van der Waals surface area contributed by atoms with Gasteiger partial charge >= 0.3 is 5.97 Å². The summed E-state index contributed by atoms with van der Waals surface area (Å²) in [6, 6.07) is 0.911. The van der Waals surface area contributed by atoms with Gasteiger partial charge in [-0.25, -0.2) is 0 Å². The molecule has 0 radical (unpaired) electrons. The predicted molar refractivity (Wildman–Crippen MR) is 71.7 cm³/mol. The largest absolute Gasteiger partial charge is 0.481 e. The monoisotopic (exact) mass is 254 g/mol. The highest BCUT2D eigenvalue weighted by Crippen LogP contribution is 2.27. The third-order valence-corrected chi connectivity index (χ3v) is 4.54. The van der Waals surface area contributed by atoms with E-state index in [9.17, 15) is 4.79 Å². The van der Waals surface area contributed by atoms with Crippen LogP contribution in [0.5, 0.6) is 0 Å². The van der Waals surface area contributed by atoms with Gasteiger partial charge in [0.05, 0.1) is 6.42 Å². The lowest BCUT2D eigenvalue weighted by Crippen LogP contribution is -2.40. The Bertz CT molecular complexity index is 283. The average Bonchev–Trinajstić information content (AvgIpc) is 2.64. The standard InChI is InChI=1S/C14H26N2O2/c1-2-15-8-3-5-12(7-10-15)16-9-4-6-13(16)11-14(17)18/h12-13H,2-11H2,1H3,(H,17,18). The highest BCUT2D eigenvalue weighted by Gasteiger charge is 2.32. The highest BCUT2D eigenvalue weighted by molar-refractivity contribution is 5.67. The molecule has 0 aromatic carbocycles. The summed E-state index contributed by atoms with van der Waals surface area (Å²) < 4.78 is 0. The van der Waals surface area contributed by atoms with E-state index in [4.69, 9.17) is 5.11 Å². The Hall–Kier alpha value is -0.610. The maximum atomic E-state index is 10.9. The molecule has 2 heterocycles. The normalized spacial score (nSPS) is 31.4. The predicted octanol–water partition coefficient (Wildman–Crippen LogP) is 1.80. The number of hydrogen-bond acceptors (Lipinski definition) is 3. The number of carboxylic acid groups (broad SMARTS) is 1. The molecule has 18 heavy (non-hydrogen) atoms. The first kappa shape index (κ1) is 13.8. The lowest BCUT2D eigenvalue weighted by Gasteiger charge is -2.32. The molecule has 4 heteroatoms. The van der Waals surface area contributed by atoms with Crippen LogP contribution in [0.4, 0.5) is 0 Å². The van der Waals surface area contributed by atoms with Gasteiger partial charge in [0, 0.05) is 12.1 Å². The molecule has 0 spiro atoms. The fourth-order valence-electron chi connectivity index (χ4n) is 3.55. The topological polar surface area (TPSA) is 43.8 Å². The molecule has 0 bridgehead atoms. The molecule has 2 saturated heterocycles. The molecule has 104 valence electrons. The van der Waals surface area contributed by atoms with Gasteiger partial charge in [-0.05, 0) is 58.3 Å². The van der Waals surface area contributed by atoms with E-state index in [-0.39, 0.29) is 0 Å². The number of likely N-dealkylation sites (tertiary alicyclic amines) is 2. The molecule has 0 saturated carbocycles. The van der Waals surface area contributed by atoms with Crippen LogP contribution in [0.15, 0.2) is 0 Å². The Kier molecular flexibility index (Phi) is 5.01. The van der Waals surface area contributed by atoms with E-state index in [2.05, 4.69) is 16.7 Å². The minimum Gasteiger partial charge on any atom is -0.481 e. The Balaban J connectivity index is 1.91. The summed E-state index contributed by atoms with van der Waals surface area (Å²) in [6.45, 7) is 6.87. The zero-order valence-corrected chi connectivity index (χ0v) is 11.5. The van der Waals surface area contributed by atoms with E-state index in [1.807, 2.05) is 0 Å². The second kappa shape index (κ2) is 6.53. The number of nitrogens with zero attached hydrogens (tertiary/aromatic N) is 2. The Labute approximate surface area is 110 Å². The molecule has 2 unspecified atom stereocenters. The maximum absolute atomic E-state index is 10.9. The molecule has 0 amide bonds. The number of rotatable bonds is 4. The van der Waals surface area contributed by atoms with Crippen molar-refractivity contribution >= 4 is 5.97 Å². The van der Waals surface area contributed by atoms with Crippen molar-refractivity contribution in [2.75, 3.05) is 26.2 Å². The van der Waals surface area contributed by atoms with Gasteiger partial charge in [0.1, 0.15) is 0 Å². The van der Waals surface area contributed by atoms with Crippen LogP contribution in [0.2, 0.25) is 0 Å². The molecule has 2 atom stereocenters. The number of carbonyl (C=O) groups is 1. The molecule has 2 aliphatic rings.